The van der Waals surface area contributed by atoms with Gasteiger partial charge < -0.3 is 4.90 Å². The number of aryl methyl sites for hydroxylation is 2. The van der Waals surface area contributed by atoms with Gasteiger partial charge in [0, 0.05) is 37.1 Å². The van der Waals surface area contributed by atoms with E-state index in [-0.39, 0.29) is 17.5 Å². The molecule has 0 saturated carbocycles. The number of carbonyl (C=O) groups excluding carboxylic acids is 1. The molecule has 1 N–H and O–H groups in total. The number of nitrogens with zero attached hydrogens (tertiary/aromatic N) is 5. The van der Waals surface area contributed by atoms with E-state index in [0.29, 0.717) is 23.3 Å². The van der Waals surface area contributed by atoms with Crippen LogP contribution in [0.4, 0.5) is 0 Å². The van der Waals surface area contributed by atoms with Crippen molar-refractivity contribution in [3.63, 3.8) is 0 Å². The van der Waals surface area contributed by atoms with Crippen molar-refractivity contribution in [1.82, 2.24) is 29.3 Å². The Kier molecular flexibility index (Phi) is 3.90. The van der Waals surface area contributed by atoms with E-state index in [1.54, 1.807) is 31.0 Å². The van der Waals surface area contributed by atoms with E-state index in [4.69, 9.17) is 0 Å². The predicted molar refractivity (Wildman–Crippen MR) is 96.1 cm³/mol. The number of H-pyrrole nitrogens is 1. The van der Waals surface area contributed by atoms with Crippen LogP contribution in [0.3, 0.4) is 0 Å². The van der Waals surface area contributed by atoms with Gasteiger partial charge in [-0.25, -0.2) is 9.50 Å². The largest absolute Gasteiger partial charge is 0.330 e. The Morgan fingerprint density at radius 3 is 2.85 bits per heavy atom. The first-order valence-electron chi connectivity index (χ1n) is 8.84. The molecule has 1 aliphatic heterocycles. The van der Waals surface area contributed by atoms with Crippen LogP contribution in [0.5, 0.6) is 0 Å². The summed E-state index contributed by atoms with van der Waals surface area (Å²) in [4.78, 5) is 31.8. The van der Waals surface area contributed by atoms with Crippen LogP contribution in [0.2, 0.25) is 0 Å². The standard InChI is InChI=1S/C18H22N6O2/c1-11-12(2)20-16-8-14(21-24(16)17(11)25)15-6-4-5-7-23(15)18(26)13-9-19-22(3)10-13/h8-10,15,21H,4-7H2,1-3H3/t15-/m1/s1. The lowest BCUT2D eigenvalue weighted by molar-refractivity contribution is 0.0605. The molecule has 136 valence electrons. The van der Waals surface area contributed by atoms with Crippen molar-refractivity contribution in [1.29, 1.82) is 0 Å². The van der Waals surface area contributed by atoms with Crippen molar-refractivity contribution < 1.29 is 4.79 Å². The third-order valence-corrected chi connectivity index (χ3v) is 5.18. The lowest BCUT2D eigenvalue weighted by Gasteiger charge is -2.34. The third-order valence-electron chi connectivity index (χ3n) is 5.18. The van der Waals surface area contributed by atoms with Crippen LogP contribution >= 0.6 is 0 Å². The van der Waals surface area contributed by atoms with E-state index in [2.05, 4.69) is 15.2 Å². The summed E-state index contributed by atoms with van der Waals surface area (Å²) in [5.74, 6) is -0.0332. The molecular formula is C18H22N6O2. The number of amides is 1. The van der Waals surface area contributed by atoms with Gasteiger partial charge in [-0.3, -0.25) is 19.4 Å². The molecule has 1 saturated heterocycles. The lowest BCUT2D eigenvalue weighted by atomic mass is 9.98. The van der Waals surface area contributed by atoms with E-state index in [1.807, 2.05) is 17.9 Å². The second kappa shape index (κ2) is 6.12. The Hall–Kier alpha value is -2.90. The maximum absolute atomic E-state index is 13.0. The molecule has 0 spiro atoms. The zero-order valence-electron chi connectivity index (χ0n) is 15.2. The first-order valence-corrected chi connectivity index (χ1v) is 8.84. The second-order valence-electron chi connectivity index (χ2n) is 6.95. The number of fused-ring (bicyclic) bond motifs is 1. The third kappa shape index (κ3) is 2.61. The molecule has 1 aliphatic rings. The quantitative estimate of drug-likeness (QED) is 0.759. The van der Waals surface area contributed by atoms with Gasteiger partial charge in [0.1, 0.15) is 0 Å². The summed E-state index contributed by atoms with van der Waals surface area (Å²) in [7, 11) is 1.80. The molecule has 4 heterocycles. The minimum absolute atomic E-state index is 0.0332. The number of nitrogens with one attached hydrogen (secondary N) is 1. The van der Waals surface area contributed by atoms with Crippen molar-refractivity contribution >= 4 is 11.6 Å². The normalized spacial score (nSPS) is 17.8. The van der Waals surface area contributed by atoms with Gasteiger partial charge in [0.2, 0.25) is 0 Å². The van der Waals surface area contributed by atoms with Gasteiger partial charge in [-0.2, -0.15) is 5.10 Å². The second-order valence-corrected chi connectivity index (χ2v) is 6.95. The van der Waals surface area contributed by atoms with Crippen LogP contribution in [-0.2, 0) is 7.05 Å². The highest BCUT2D eigenvalue weighted by molar-refractivity contribution is 5.94. The van der Waals surface area contributed by atoms with E-state index >= 15 is 0 Å². The Morgan fingerprint density at radius 1 is 1.31 bits per heavy atom. The van der Waals surface area contributed by atoms with E-state index in [0.717, 1.165) is 30.7 Å². The first-order chi connectivity index (χ1) is 12.5. The van der Waals surface area contributed by atoms with Crippen molar-refractivity contribution in [2.45, 2.75) is 39.2 Å². The van der Waals surface area contributed by atoms with Gasteiger partial charge in [-0.15, -0.1) is 0 Å². The topological polar surface area (TPSA) is 88.3 Å². The average Bonchev–Trinajstić information content (AvgIpc) is 3.25. The Bertz CT molecular complexity index is 1040. The summed E-state index contributed by atoms with van der Waals surface area (Å²) in [6.45, 7) is 4.30. The Morgan fingerprint density at radius 2 is 2.12 bits per heavy atom. The number of rotatable bonds is 2. The smallest absolute Gasteiger partial charge is 0.275 e. The van der Waals surface area contributed by atoms with Crippen molar-refractivity contribution in [3.05, 3.63) is 51.3 Å². The van der Waals surface area contributed by atoms with Gasteiger partial charge in [0.25, 0.3) is 11.5 Å². The molecule has 1 atom stereocenters. The summed E-state index contributed by atoms with van der Waals surface area (Å²) >= 11 is 0. The number of piperidine rings is 1. The van der Waals surface area contributed by atoms with Crippen molar-refractivity contribution in [3.8, 4) is 0 Å². The lowest BCUT2D eigenvalue weighted by Crippen LogP contribution is -2.38. The van der Waals surface area contributed by atoms with E-state index < -0.39 is 0 Å². The van der Waals surface area contributed by atoms with Crippen LogP contribution in [0.25, 0.3) is 5.65 Å². The van der Waals surface area contributed by atoms with Gasteiger partial charge in [-0.1, -0.05) is 0 Å². The summed E-state index contributed by atoms with van der Waals surface area (Å²) in [6.07, 6.45) is 6.19. The maximum Gasteiger partial charge on any atom is 0.275 e. The molecule has 8 heteroatoms. The van der Waals surface area contributed by atoms with Crippen molar-refractivity contribution in [2.75, 3.05) is 6.54 Å². The molecular weight excluding hydrogens is 332 g/mol. The van der Waals surface area contributed by atoms with Crippen molar-refractivity contribution in [2.24, 2.45) is 7.05 Å². The maximum atomic E-state index is 13.0. The molecule has 1 fully saturated rings. The molecule has 0 unspecified atom stereocenters. The predicted octanol–water partition coefficient (Wildman–Crippen LogP) is 1.74. The minimum Gasteiger partial charge on any atom is -0.330 e. The Balaban J connectivity index is 1.75. The molecule has 3 aromatic rings. The average molecular weight is 354 g/mol. The fraction of sp³-hybridized carbons (Fsp3) is 0.444. The number of hydrogen-bond acceptors (Lipinski definition) is 4. The highest BCUT2D eigenvalue weighted by Gasteiger charge is 2.30. The summed E-state index contributed by atoms with van der Waals surface area (Å²) in [5.41, 5.74) is 3.27. The highest BCUT2D eigenvalue weighted by Crippen LogP contribution is 2.31. The fourth-order valence-corrected chi connectivity index (χ4v) is 3.60. The Labute approximate surface area is 150 Å². The van der Waals surface area contributed by atoms with E-state index in [9.17, 15) is 9.59 Å². The van der Waals surface area contributed by atoms with Gasteiger partial charge in [0.05, 0.1) is 23.5 Å². The number of aromatic nitrogens is 5. The molecule has 0 radical (unpaired) electrons. The molecule has 0 aromatic carbocycles. The molecule has 0 bridgehead atoms. The molecule has 0 aliphatic carbocycles. The zero-order chi connectivity index (χ0) is 18.4. The zero-order valence-corrected chi connectivity index (χ0v) is 15.2. The fourth-order valence-electron chi connectivity index (χ4n) is 3.60. The van der Waals surface area contributed by atoms with Crippen LogP contribution < -0.4 is 5.56 Å². The van der Waals surface area contributed by atoms with Crippen LogP contribution in [-0.4, -0.2) is 41.7 Å². The number of likely N-dealkylation sites (tertiary alicyclic amines) is 1. The van der Waals surface area contributed by atoms with Crippen LogP contribution in [0.15, 0.2) is 23.3 Å². The first kappa shape index (κ1) is 16.6. The molecule has 26 heavy (non-hydrogen) atoms. The van der Waals surface area contributed by atoms with E-state index in [1.165, 1.54) is 4.52 Å². The van der Waals surface area contributed by atoms with Crippen LogP contribution in [0.1, 0.15) is 52.6 Å². The van der Waals surface area contributed by atoms with Gasteiger partial charge in [-0.05, 0) is 33.1 Å². The number of carbonyl (C=O) groups is 1. The summed E-state index contributed by atoms with van der Waals surface area (Å²) in [5, 5.41) is 7.27. The molecule has 1 amide bonds. The van der Waals surface area contributed by atoms with Crippen LogP contribution in [0, 0.1) is 13.8 Å². The highest BCUT2D eigenvalue weighted by atomic mass is 16.2. The monoisotopic (exact) mass is 354 g/mol. The minimum atomic E-state index is -0.0989. The van der Waals surface area contributed by atoms with Gasteiger partial charge in [0.15, 0.2) is 5.65 Å². The number of aromatic amines is 1. The van der Waals surface area contributed by atoms with Gasteiger partial charge >= 0.3 is 0 Å². The molecule has 4 rings (SSSR count). The number of hydrogen-bond donors (Lipinski definition) is 1. The summed E-state index contributed by atoms with van der Waals surface area (Å²) < 4.78 is 3.10. The summed E-state index contributed by atoms with van der Waals surface area (Å²) in [6, 6.07) is 1.78. The SMILES string of the molecule is Cc1nc2cc([C@H]3CCCCN3C(=O)c3cnn(C)c3)[nH]n2c(=O)c1C. The molecule has 8 nitrogen and oxygen atoms in total. The molecule has 3 aromatic heterocycles.